The molecule has 2 aromatic carbocycles. The van der Waals surface area contributed by atoms with Crippen LogP contribution in [0.2, 0.25) is 0 Å². The van der Waals surface area contributed by atoms with E-state index in [0.29, 0.717) is 23.4 Å². The Balaban J connectivity index is 2.21. The molecule has 0 radical (unpaired) electrons. The molecule has 0 aliphatic rings. The van der Waals surface area contributed by atoms with Crippen LogP contribution in [-0.4, -0.2) is 23.3 Å². The zero-order valence-electron chi connectivity index (χ0n) is 14.7. The Morgan fingerprint density at radius 1 is 1.12 bits per heavy atom. The van der Waals surface area contributed by atoms with E-state index >= 15 is 0 Å². The third kappa shape index (κ3) is 4.66. The number of carbonyl (C=O) groups is 2. The molecular weight excluding hydrogens is 334 g/mol. The van der Waals surface area contributed by atoms with Gasteiger partial charge in [0.2, 0.25) is 0 Å². The van der Waals surface area contributed by atoms with Crippen LogP contribution < -0.4 is 10.6 Å². The van der Waals surface area contributed by atoms with Gasteiger partial charge in [0.25, 0.3) is 17.5 Å². The van der Waals surface area contributed by atoms with Crippen LogP contribution in [0.4, 0.5) is 11.4 Å². The van der Waals surface area contributed by atoms with Crippen LogP contribution in [0.25, 0.3) is 0 Å². The second-order valence-electron chi connectivity index (χ2n) is 5.87. The van der Waals surface area contributed by atoms with Crippen molar-refractivity contribution < 1.29 is 14.5 Å². The average Bonchev–Trinajstić information content (AvgIpc) is 2.62. The Kier molecular flexibility index (Phi) is 6.43. The number of nitro groups is 1. The molecule has 7 heteroatoms. The van der Waals surface area contributed by atoms with Crippen LogP contribution in [-0.2, 0) is 0 Å². The highest BCUT2D eigenvalue weighted by Gasteiger charge is 2.17. The average molecular weight is 355 g/mol. The van der Waals surface area contributed by atoms with Gasteiger partial charge in [-0.25, -0.2) is 0 Å². The van der Waals surface area contributed by atoms with E-state index in [9.17, 15) is 19.7 Å². The number of para-hydroxylation sites is 1. The van der Waals surface area contributed by atoms with E-state index in [1.165, 1.54) is 18.2 Å². The number of rotatable bonds is 7. The molecule has 0 aliphatic carbocycles. The number of aryl methyl sites for hydroxylation is 1. The van der Waals surface area contributed by atoms with Gasteiger partial charge < -0.3 is 10.6 Å². The third-order valence-electron chi connectivity index (χ3n) is 3.90. The van der Waals surface area contributed by atoms with Gasteiger partial charge in [-0.1, -0.05) is 31.5 Å². The summed E-state index contributed by atoms with van der Waals surface area (Å²) in [4.78, 5) is 35.3. The summed E-state index contributed by atoms with van der Waals surface area (Å²) in [6.07, 6.45) is 1.83. The van der Waals surface area contributed by atoms with Crippen molar-refractivity contribution in [1.82, 2.24) is 5.32 Å². The SMILES string of the molecule is CCCCNC(=O)c1ccccc1NC(=O)c1ccc(C)c([N+](=O)[O-])c1. The number of carbonyl (C=O) groups excluding carboxylic acids is 2. The lowest BCUT2D eigenvalue weighted by atomic mass is 10.1. The summed E-state index contributed by atoms with van der Waals surface area (Å²) < 4.78 is 0. The molecular formula is C19H21N3O4. The number of nitrogens with zero attached hydrogens (tertiary/aromatic N) is 1. The minimum Gasteiger partial charge on any atom is -0.352 e. The summed E-state index contributed by atoms with van der Waals surface area (Å²) >= 11 is 0. The largest absolute Gasteiger partial charge is 0.352 e. The Morgan fingerprint density at radius 3 is 2.54 bits per heavy atom. The lowest BCUT2D eigenvalue weighted by molar-refractivity contribution is -0.385. The fraction of sp³-hybridized carbons (Fsp3) is 0.263. The van der Waals surface area contributed by atoms with E-state index in [0.717, 1.165) is 12.8 Å². The molecule has 0 fully saturated rings. The molecule has 0 heterocycles. The minimum absolute atomic E-state index is 0.122. The maximum absolute atomic E-state index is 12.5. The molecule has 136 valence electrons. The predicted octanol–water partition coefficient (Wildman–Crippen LogP) is 3.69. The lowest BCUT2D eigenvalue weighted by Crippen LogP contribution is -2.26. The van der Waals surface area contributed by atoms with Gasteiger partial charge in [0, 0.05) is 23.7 Å². The summed E-state index contributed by atoms with van der Waals surface area (Å²) in [6, 6.07) is 10.9. The number of hydrogen-bond acceptors (Lipinski definition) is 4. The van der Waals surface area contributed by atoms with Crippen LogP contribution in [0.1, 0.15) is 46.0 Å². The van der Waals surface area contributed by atoms with Crippen molar-refractivity contribution in [2.24, 2.45) is 0 Å². The smallest absolute Gasteiger partial charge is 0.273 e. The molecule has 0 aliphatic heterocycles. The molecule has 2 amide bonds. The van der Waals surface area contributed by atoms with E-state index in [2.05, 4.69) is 10.6 Å². The first-order chi connectivity index (χ1) is 12.4. The van der Waals surface area contributed by atoms with Crippen molar-refractivity contribution in [3.8, 4) is 0 Å². The molecule has 0 bridgehead atoms. The monoisotopic (exact) mass is 355 g/mol. The quantitative estimate of drug-likeness (QED) is 0.449. The maximum Gasteiger partial charge on any atom is 0.273 e. The first-order valence-electron chi connectivity index (χ1n) is 8.37. The van der Waals surface area contributed by atoms with E-state index in [-0.39, 0.29) is 17.2 Å². The van der Waals surface area contributed by atoms with Gasteiger partial charge in [0.1, 0.15) is 0 Å². The lowest BCUT2D eigenvalue weighted by Gasteiger charge is -2.11. The van der Waals surface area contributed by atoms with Crippen molar-refractivity contribution in [2.75, 3.05) is 11.9 Å². The fourth-order valence-corrected chi connectivity index (χ4v) is 2.41. The highest BCUT2D eigenvalue weighted by molar-refractivity contribution is 6.09. The van der Waals surface area contributed by atoms with Gasteiger partial charge in [-0.2, -0.15) is 0 Å². The molecule has 7 nitrogen and oxygen atoms in total. The molecule has 26 heavy (non-hydrogen) atoms. The standard InChI is InChI=1S/C19H21N3O4/c1-3-4-11-20-19(24)15-7-5-6-8-16(15)21-18(23)14-10-9-13(2)17(12-14)22(25)26/h5-10,12H,3-4,11H2,1-2H3,(H,20,24)(H,21,23). The summed E-state index contributed by atoms with van der Waals surface area (Å²) in [5.74, 6) is -0.786. The van der Waals surface area contributed by atoms with Gasteiger partial charge >= 0.3 is 0 Å². The summed E-state index contributed by atoms with van der Waals surface area (Å²) in [6.45, 7) is 4.19. The highest BCUT2D eigenvalue weighted by atomic mass is 16.6. The Morgan fingerprint density at radius 2 is 1.85 bits per heavy atom. The number of nitro benzene ring substituents is 1. The van der Waals surface area contributed by atoms with Gasteiger partial charge in [-0.3, -0.25) is 19.7 Å². The molecule has 0 saturated heterocycles. The van der Waals surface area contributed by atoms with Gasteiger partial charge in [0.05, 0.1) is 16.2 Å². The molecule has 0 atom stereocenters. The summed E-state index contributed by atoms with van der Waals surface area (Å²) in [7, 11) is 0. The fourth-order valence-electron chi connectivity index (χ4n) is 2.41. The van der Waals surface area contributed by atoms with Gasteiger partial charge in [-0.15, -0.1) is 0 Å². The number of amides is 2. The predicted molar refractivity (Wildman–Crippen MR) is 99.5 cm³/mol. The summed E-state index contributed by atoms with van der Waals surface area (Å²) in [5.41, 5.74) is 1.21. The van der Waals surface area contributed by atoms with E-state index in [1.807, 2.05) is 6.92 Å². The molecule has 2 aromatic rings. The second-order valence-corrected chi connectivity index (χ2v) is 5.87. The Hall–Kier alpha value is -3.22. The highest BCUT2D eigenvalue weighted by Crippen LogP contribution is 2.21. The first-order valence-corrected chi connectivity index (χ1v) is 8.37. The number of anilines is 1. The van der Waals surface area contributed by atoms with Crippen molar-refractivity contribution in [1.29, 1.82) is 0 Å². The molecule has 0 aromatic heterocycles. The number of unbranched alkanes of at least 4 members (excludes halogenated alkanes) is 1. The van der Waals surface area contributed by atoms with Crippen molar-refractivity contribution >= 4 is 23.2 Å². The van der Waals surface area contributed by atoms with Crippen molar-refractivity contribution in [3.05, 3.63) is 69.3 Å². The van der Waals surface area contributed by atoms with E-state index in [1.54, 1.807) is 31.2 Å². The molecule has 0 spiro atoms. The van der Waals surface area contributed by atoms with Crippen LogP contribution in [0.5, 0.6) is 0 Å². The molecule has 2 rings (SSSR count). The van der Waals surface area contributed by atoms with Gasteiger partial charge in [0.15, 0.2) is 0 Å². The zero-order chi connectivity index (χ0) is 19.1. The number of hydrogen-bond donors (Lipinski definition) is 2. The van der Waals surface area contributed by atoms with Crippen molar-refractivity contribution in [2.45, 2.75) is 26.7 Å². The normalized spacial score (nSPS) is 10.2. The Labute approximate surface area is 151 Å². The minimum atomic E-state index is -0.527. The van der Waals surface area contributed by atoms with Crippen LogP contribution in [0.3, 0.4) is 0 Å². The second kappa shape index (κ2) is 8.75. The van der Waals surface area contributed by atoms with Crippen LogP contribution >= 0.6 is 0 Å². The maximum atomic E-state index is 12.5. The molecule has 2 N–H and O–H groups in total. The number of benzene rings is 2. The first kappa shape index (κ1) is 19.1. The zero-order valence-corrected chi connectivity index (χ0v) is 14.7. The van der Waals surface area contributed by atoms with Crippen LogP contribution in [0, 0.1) is 17.0 Å². The van der Waals surface area contributed by atoms with Crippen LogP contribution in [0.15, 0.2) is 42.5 Å². The topological polar surface area (TPSA) is 101 Å². The van der Waals surface area contributed by atoms with E-state index < -0.39 is 10.8 Å². The number of nitrogens with one attached hydrogen (secondary N) is 2. The van der Waals surface area contributed by atoms with Crippen molar-refractivity contribution in [3.63, 3.8) is 0 Å². The van der Waals surface area contributed by atoms with E-state index in [4.69, 9.17) is 0 Å². The molecule has 0 unspecified atom stereocenters. The third-order valence-corrected chi connectivity index (χ3v) is 3.90. The summed E-state index contributed by atoms with van der Waals surface area (Å²) in [5, 5.41) is 16.5. The van der Waals surface area contributed by atoms with Gasteiger partial charge in [-0.05, 0) is 31.5 Å². The molecule has 0 saturated carbocycles. The Bertz CT molecular complexity index is 833.